The Morgan fingerprint density at radius 1 is 0.864 bits per heavy atom. The first-order valence-corrected chi connectivity index (χ1v) is 14.5. The number of aromatic nitrogens is 4. The van der Waals surface area contributed by atoms with Crippen LogP contribution in [0.2, 0.25) is 10.0 Å². The summed E-state index contributed by atoms with van der Waals surface area (Å²) in [7, 11) is 0. The highest BCUT2D eigenvalue weighted by Gasteiger charge is 2.15. The molecule has 5 rings (SSSR count). The van der Waals surface area contributed by atoms with E-state index < -0.39 is 11.6 Å². The molecule has 44 heavy (non-hydrogen) atoms. The molecule has 10 nitrogen and oxygen atoms in total. The van der Waals surface area contributed by atoms with Gasteiger partial charge in [-0.2, -0.15) is 5.10 Å². The van der Waals surface area contributed by atoms with Gasteiger partial charge in [0.2, 0.25) is 0 Å². The summed E-state index contributed by atoms with van der Waals surface area (Å²) in [6, 6.07) is 21.4. The average Bonchev–Trinajstić information content (AvgIpc) is 3.04. The lowest BCUT2D eigenvalue weighted by Crippen LogP contribution is -2.29. The van der Waals surface area contributed by atoms with Gasteiger partial charge in [0, 0.05) is 54.9 Å². The number of halogens is 2. The Hall–Kier alpha value is -5.06. The van der Waals surface area contributed by atoms with Gasteiger partial charge in [-0.1, -0.05) is 59.6 Å². The Bertz CT molecular complexity index is 1860. The van der Waals surface area contributed by atoms with Gasteiger partial charge in [0.15, 0.2) is 0 Å². The second kappa shape index (κ2) is 13.9. The molecule has 3 N–H and O–H groups in total. The number of hydrogen-bond donors (Lipinski definition) is 3. The summed E-state index contributed by atoms with van der Waals surface area (Å²) >= 11 is 12.2. The van der Waals surface area contributed by atoms with Gasteiger partial charge in [-0.05, 0) is 54.4 Å². The lowest BCUT2D eigenvalue weighted by Gasteiger charge is -2.13. The van der Waals surface area contributed by atoms with E-state index in [1.54, 1.807) is 19.2 Å². The normalized spacial score (nSPS) is 10.7. The number of nitrogens with one attached hydrogen (secondary N) is 3. The molecule has 0 radical (unpaired) electrons. The Kier molecular flexibility index (Phi) is 9.63. The van der Waals surface area contributed by atoms with Gasteiger partial charge in [-0.25, -0.2) is 9.48 Å². The predicted octanol–water partition coefficient (Wildman–Crippen LogP) is 6.31. The second-order valence-corrected chi connectivity index (χ2v) is 10.4. The Balaban J connectivity index is 1.36. The van der Waals surface area contributed by atoms with Gasteiger partial charge in [0.05, 0.1) is 21.4 Å². The maximum absolute atomic E-state index is 13.0. The SMILES string of the molecule is CCn1nc(-c2cccc(-c3cccc(C(=O)NCCc4ccccn4)c3)c2)cc(NC(=O)Nc2c(Cl)cncc2Cl)c1=O. The van der Waals surface area contributed by atoms with Crippen LogP contribution in [0, 0.1) is 0 Å². The van der Waals surface area contributed by atoms with E-state index in [-0.39, 0.29) is 33.9 Å². The number of urea groups is 1. The minimum absolute atomic E-state index is 0.0189. The van der Waals surface area contributed by atoms with Crippen LogP contribution in [0.1, 0.15) is 23.0 Å². The lowest BCUT2D eigenvalue weighted by atomic mass is 9.99. The number of amides is 3. The number of rotatable bonds is 9. The molecule has 5 aromatic rings. The van der Waals surface area contributed by atoms with Crippen LogP contribution in [0.4, 0.5) is 16.2 Å². The Morgan fingerprint density at radius 2 is 1.59 bits per heavy atom. The monoisotopic (exact) mass is 627 g/mol. The smallest absolute Gasteiger partial charge is 0.323 e. The average molecular weight is 629 g/mol. The standard InChI is InChI=1S/C32H27Cl2N7O3/c1-2-41-31(43)28(38-32(44)39-29-25(33)18-35-19-26(29)34)17-27(40-41)22-9-5-7-20(15-22)21-8-6-10-23(16-21)30(42)37-14-12-24-11-3-4-13-36-24/h3-11,13,15-19H,2,12,14H2,1H3,(H,37,42)(H2,35,38,39,44). The van der Waals surface area contributed by atoms with Gasteiger partial charge in [-0.3, -0.25) is 19.6 Å². The van der Waals surface area contributed by atoms with Crippen molar-refractivity contribution >= 4 is 46.5 Å². The zero-order chi connectivity index (χ0) is 31.1. The minimum atomic E-state index is -0.708. The van der Waals surface area contributed by atoms with Crippen LogP contribution in [0.5, 0.6) is 0 Å². The van der Waals surface area contributed by atoms with Gasteiger partial charge < -0.3 is 16.0 Å². The number of carbonyl (C=O) groups excluding carboxylic acids is 2. The first-order valence-electron chi connectivity index (χ1n) is 13.7. The number of nitrogens with zero attached hydrogens (tertiary/aromatic N) is 4. The molecule has 3 amide bonds. The molecule has 0 unspecified atom stereocenters. The van der Waals surface area contributed by atoms with Crippen LogP contribution in [-0.4, -0.2) is 38.2 Å². The van der Waals surface area contributed by atoms with Crippen LogP contribution in [0.3, 0.4) is 0 Å². The third-order valence-electron chi connectivity index (χ3n) is 6.62. The first kappa shape index (κ1) is 30.4. The molecule has 3 heterocycles. The van der Waals surface area contributed by atoms with Crippen molar-refractivity contribution in [2.75, 3.05) is 17.2 Å². The Morgan fingerprint density at radius 3 is 2.32 bits per heavy atom. The fourth-order valence-electron chi connectivity index (χ4n) is 4.43. The maximum Gasteiger partial charge on any atom is 0.323 e. The molecule has 0 aliphatic rings. The van der Waals surface area contributed by atoms with Crippen molar-refractivity contribution in [3.63, 3.8) is 0 Å². The summed E-state index contributed by atoms with van der Waals surface area (Å²) in [5.41, 5.74) is 3.99. The van der Waals surface area contributed by atoms with E-state index in [2.05, 4.69) is 31.0 Å². The van der Waals surface area contributed by atoms with Crippen molar-refractivity contribution < 1.29 is 9.59 Å². The fourth-order valence-corrected chi connectivity index (χ4v) is 4.89. The summed E-state index contributed by atoms with van der Waals surface area (Å²) in [5.74, 6) is -0.182. The molecule has 0 aliphatic heterocycles. The van der Waals surface area contributed by atoms with E-state index in [0.717, 1.165) is 16.8 Å². The molecule has 0 bridgehead atoms. The molecule has 12 heteroatoms. The molecular formula is C32H27Cl2N7O3. The van der Waals surface area contributed by atoms with E-state index in [1.807, 2.05) is 60.7 Å². The molecule has 0 saturated carbocycles. The van der Waals surface area contributed by atoms with Crippen LogP contribution in [0.25, 0.3) is 22.4 Å². The van der Waals surface area contributed by atoms with Crippen LogP contribution in [0.15, 0.2) is 96.2 Å². The third-order valence-corrected chi connectivity index (χ3v) is 7.20. The minimum Gasteiger partial charge on any atom is -0.352 e. The van der Waals surface area contributed by atoms with Crippen molar-refractivity contribution in [2.45, 2.75) is 19.9 Å². The molecule has 0 saturated heterocycles. The highest BCUT2D eigenvalue weighted by atomic mass is 35.5. The third kappa shape index (κ3) is 7.28. The molecule has 0 fully saturated rings. The van der Waals surface area contributed by atoms with Gasteiger partial charge >= 0.3 is 6.03 Å². The first-order chi connectivity index (χ1) is 21.3. The van der Waals surface area contributed by atoms with Gasteiger partial charge in [-0.15, -0.1) is 0 Å². The van der Waals surface area contributed by atoms with Crippen molar-refractivity contribution in [1.29, 1.82) is 0 Å². The van der Waals surface area contributed by atoms with Crippen LogP contribution < -0.4 is 21.5 Å². The molecule has 0 spiro atoms. The number of benzene rings is 2. The molecule has 2 aromatic carbocycles. The van der Waals surface area contributed by atoms with Crippen molar-refractivity contribution in [1.82, 2.24) is 25.1 Å². The number of aryl methyl sites for hydroxylation is 1. The van der Waals surface area contributed by atoms with Crippen molar-refractivity contribution in [3.8, 4) is 22.4 Å². The van der Waals surface area contributed by atoms with Crippen LogP contribution >= 0.6 is 23.2 Å². The topological polar surface area (TPSA) is 131 Å². The van der Waals surface area contributed by atoms with E-state index in [9.17, 15) is 14.4 Å². The van der Waals surface area contributed by atoms with Gasteiger partial charge in [0.25, 0.3) is 11.5 Å². The zero-order valence-corrected chi connectivity index (χ0v) is 25.1. The van der Waals surface area contributed by atoms with Crippen molar-refractivity contribution in [3.05, 3.63) is 123 Å². The number of hydrogen-bond acceptors (Lipinski definition) is 6. The predicted molar refractivity (Wildman–Crippen MR) is 172 cm³/mol. The van der Waals surface area contributed by atoms with Crippen molar-refractivity contribution in [2.24, 2.45) is 0 Å². The maximum atomic E-state index is 13.0. The fraction of sp³-hybridized carbons (Fsp3) is 0.125. The zero-order valence-electron chi connectivity index (χ0n) is 23.6. The summed E-state index contributed by atoms with van der Waals surface area (Å²) in [6.45, 7) is 2.52. The highest BCUT2D eigenvalue weighted by Crippen LogP contribution is 2.29. The largest absolute Gasteiger partial charge is 0.352 e. The van der Waals surface area contributed by atoms with E-state index in [1.165, 1.54) is 23.1 Å². The number of anilines is 2. The van der Waals surface area contributed by atoms with E-state index in [0.29, 0.717) is 29.8 Å². The van der Waals surface area contributed by atoms with Gasteiger partial charge in [0.1, 0.15) is 5.69 Å². The number of carbonyl (C=O) groups is 2. The molecule has 0 atom stereocenters. The quantitative estimate of drug-likeness (QED) is 0.175. The highest BCUT2D eigenvalue weighted by molar-refractivity contribution is 6.39. The summed E-state index contributed by atoms with van der Waals surface area (Å²) in [6.07, 6.45) is 5.05. The lowest BCUT2D eigenvalue weighted by molar-refractivity contribution is 0.0954. The van der Waals surface area contributed by atoms with Crippen LogP contribution in [-0.2, 0) is 13.0 Å². The molecule has 3 aromatic heterocycles. The molecule has 0 aliphatic carbocycles. The number of pyridine rings is 2. The summed E-state index contributed by atoms with van der Waals surface area (Å²) in [4.78, 5) is 46.8. The summed E-state index contributed by atoms with van der Waals surface area (Å²) < 4.78 is 1.26. The molecular weight excluding hydrogens is 601 g/mol. The summed E-state index contributed by atoms with van der Waals surface area (Å²) in [5, 5.41) is 12.9. The Labute approximate surface area is 263 Å². The molecule has 222 valence electrons. The van der Waals surface area contributed by atoms with E-state index in [4.69, 9.17) is 23.2 Å². The van der Waals surface area contributed by atoms with E-state index >= 15 is 0 Å². The second-order valence-electron chi connectivity index (χ2n) is 9.61.